The summed E-state index contributed by atoms with van der Waals surface area (Å²) in [5.74, 6) is -1.59. The van der Waals surface area contributed by atoms with Gasteiger partial charge in [-0.1, -0.05) is 24.6 Å². The summed E-state index contributed by atoms with van der Waals surface area (Å²) < 4.78 is 5.29. The van der Waals surface area contributed by atoms with Gasteiger partial charge in [0.2, 0.25) is 5.60 Å². The van der Waals surface area contributed by atoms with Crippen LogP contribution in [0.4, 0.5) is 0 Å². The Morgan fingerprint density at radius 2 is 1.67 bits per heavy atom. The maximum atomic E-state index is 11.9. The largest absolute Gasteiger partial charge is 0.478 e. The monoisotopic (exact) mass is 248 g/mol. The molecule has 1 aromatic carbocycles. The van der Waals surface area contributed by atoms with Gasteiger partial charge in [0.15, 0.2) is 0 Å². The summed E-state index contributed by atoms with van der Waals surface area (Å²) in [7, 11) is 0. The molecule has 0 heterocycles. The highest BCUT2D eigenvalue weighted by Crippen LogP contribution is 2.32. The number of hydrogen-bond acceptors (Lipinski definition) is 3. The van der Waals surface area contributed by atoms with Crippen molar-refractivity contribution in [1.82, 2.24) is 0 Å². The summed E-state index contributed by atoms with van der Waals surface area (Å²) in [6, 6.07) is 8.50. The second kappa shape index (κ2) is 5.21. The minimum Gasteiger partial charge on any atom is -0.478 e. The van der Waals surface area contributed by atoms with E-state index in [1.165, 1.54) is 0 Å². The Hall–Kier alpha value is -1.84. The molecule has 0 amide bonds. The molecule has 0 atom stereocenters. The topological polar surface area (TPSA) is 63.6 Å². The molecule has 0 bridgehead atoms. The molecular formula is C14H16O4. The summed E-state index contributed by atoms with van der Waals surface area (Å²) >= 11 is 0. The van der Waals surface area contributed by atoms with Gasteiger partial charge in [0.1, 0.15) is 0 Å². The van der Waals surface area contributed by atoms with Crippen molar-refractivity contribution in [1.29, 1.82) is 0 Å². The number of rotatable bonds is 3. The van der Waals surface area contributed by atoms with Gasteiger partial charge in [-0.25, -0.2) is 9.59 Å². The highest BCUT2D eigenvalue weighted by Gasteiger charge is 2.43. The van der Waals surface area contributed by atoms with Gasteiger partial charge in [0.25, 0.3) is 0 Å². The smallest absolute Gasteiger partial charge is 0.348 e. The van der Waals surface area contributed by atoms with Crippen LogP contribution in [0.2, 0.25) is 0 Å². The van der Waals surface area contributed by atoms with E-state index < -0.39 is 17.5 Å². The minimum atomic E-state index is -1.33. The van der Waals surface area contributed by atoms with Crippen LogP contribution in [-0.4, -0.2) is 22.6 Å². The lowest BCUT2D eigenvalue weighted by molar-refractivity contribution is -0.162. The molecule has 4 heteroatoms. The Labute approximate surface area is 106 Å². The van der Waals surface area contributed by atoms with Gasteiger partial charge in [-0.05, 0) is 37.8 Å². The predicted molar refractivity (Wildman–Crippen MR) is 65.3 cm³/mol. The molecule has 4 nitrogen and oxygen atoms in total. The Kier molecular flexibility index (Phi) is 3.65. The Balaban J connectivity index is 2.15. The maximum absolute atomic E-state index is 11.9. The molecule has 18 heavy (non-hydrogen) atoms. The lowest BCUT2D eigenvalue weighted by Crippen LogP contribution is -2.45. The molecule has 1 aromatic rings. The first-order chi connectivity index (χ1) is 8.64. The Morgan fingerprint density at radius 3 is 2.22 bits per heavy atom. The molecule has 1 aliphatic carbocycles. The van der Waals surface area contributed by atoms with Crippen LogP contribution in [0.1, 0.15) is 42.5 Å². The van der Waals surface area contributed by atoms with Crippen molar-refractivity contribution in [2.45, 2.75) is 37.7 Å². The number of carboxylic acids is 1. The van der Waals surface area contributed by atoms with E-state index in [0.29, 0.717) is 18.4 Å². The molecule has 96 valence electrons. The zero-order valence-corrected chi connectivity index (χ0v) is 10.1. The van der Waals surface area contributed by atoms with Crippen LogP contribution in [0, 0.1) is 0 Å². The first-order valence-electron chi connectivity index (χ1n) is 6.16. The molecule has 0 spiro atoms. The van der Waals surface area contributed by atoms with Gasteiger partial charge in [-0.3, -0.25) is 0 Å². The average molecular weight is 248 g/mol. The van der Waals surface area contributed by atoms with Crippen molar-refractivity contribution in [3.05, 3.63) is 35.9 Å². The first kappa shape index (κ1) is 12.6. The van der Waals surface area contributed by atoms with Crippen LogP contribution < -0.4 is 0 Å². The van der Waals surface area contributed by atoms with Gasteiger partial charge in [0, 0.05) is 0 Å². The molecule has 0 aromatic heterocycles. The van der Waals surface area contributed by atoms with Gasteiger partial charge in [0.05, 0.1) is 5.56 Å². The standard InChI is InChI=1S/C14H16O4/c15-12(11-7-3-1-4-8-11)18-14(13(16)17)9-5-2-6-10-14/h1,3-4,7-8H,2,5-6,9-10H2,(H,16,17). The van der Waals surface area contributed by atoms with E-state index in [9.17, 15) is 14.7 Å². The molecule has 1 saturated carbocycles. The van der Waals surface area contributed by atoms with E-state index in [1.54, 1.807) is 30.3 Å². The molecule has 0 radical (unpaired) electrons. The molecule has 0 unspecified atom stereocenters. The SMILES string of the molecule is O=C(OC1(C(=O)O)CCCCC1)c1ccccc1. The fourth-order valence-corrected chi connectivity index (χ4v) is 2.29. The van der Waals surface area contributed by atoms with E-state index in [2.05, 4.69) is 0 Å². The minimum absolute atomic E-state index is 0.392. The fraction of sp³-hybridized carbons (Fsp3) is 0.429. The fourth-order valence-electron chi connectivity index (χ4n) is 2.29. The van der Waals surface area contributed by atoms with Gasteiger partial charge >= 0.3 is 11.9 Å². The van der Waals surface area contributed by atoms with Crippen LogP contribution >= 0.6 is 0 Å². The summed E-state index contributed by atoms with van der Waals surface area (Å²) in [5.41, 5.74) is -0.936. The van der Waals surface area contributed by atoms with Crippen molar-refractivity contribution in [2.75, 3.05) is 0 Å². The van der Waals surface area contributed by atoms with E-state index in [1.807, 2.05) is 0 Å². The van der Waals surface area contributed by atoms with Crippen molar-refractivity contribution < 1.29 is 19.4 Å². The van der Waals surface area contributed by atoms with Crippen LogP contribution in [0.5, 0.6) is 0 Å². The highest BCUT2D eigenvalue weighted by atomic mass is 16.6. The molecule has 1 aliphatic rings. The van der Waals surface area contributed by atoms with E-state index in [4.69, 9.17) is 4.74 Å². The number of benzene rings is 1. The molecule has 0 saturated heterocycles. The molecular weight excluding hydrogens is 232 g/mol. The molecule has 2 rings (SSSR count). The van der Waals surface area contributed by atoms with Crippen LogP contribution in [0.3, 0.4) is 0 Å². The molecule has 1 fully saturated rings. The number of ether oxygens (including phenoxy) is 1. The molecule has 0 aliphatic heterocycles. The van der Waals surface area contributed by atoms with Crippen molar-refractivity contribution in [2.24, 2.45) is 0 Å². The number of esters is 1. The quantitative estimate of drug-likeness (QED) is 0.835. The zero-order chi connectivity index (χ0) is 13.0. The normalized spacial score (nSPS) is 18.0. The summed E-state index contributed by atoms with van der Waals surface area (Å²) in [4.78, 5) is 23.3. The van der Waals surface area contributed by atoms with E-state index in [-0.39, 0.29) is 0 Å². The summed E-state index contributed by atoms with van der Waals surface area (Å²) in [6.45, 7) is 0. The van der Waals surface area contributed by atoms with E-state index >= 15 is 0 Å². The summed E-state index contributed by atoms with van der Waals surface area (Å²) in [5, 5.41) is 9.31. The number of hydrogen-bond donors (Lipinski definition) is 1. The van der Waals surface area contributed by atoms with Crippen LogP contribution in [-0.2, 0) is 9.53 Å². The average Bonchev–Trinajstić information content (AvgIpc) is 2.40. The number of aliphatic carboxylic acids is 1. The third-order valence-corrected chi connectivity index (χ3v) is 3.35. The van der Waals surface area contributed by atoms with Crippen LogP contribution in [0.25, 0.3) is 0 Å². The van der Waals surface area contributed by atoms with Crippen molar-refractivity contribution in [3.63, 3.8) is 0 Å². The Morgan fingerprint density at radius 1 is 1.06 bits per heavy atom. The predicted octanol–water partition coefficient (Wildman–Crippen LogP) is 2.63. The van der Waals surface area contributed by atoms with Crippen molar-refractivity contribution >= 4 is 11.9 Å². The first-order valence-corrected chi connectivity index (χ1v) is 6.16. The number of carbonyl (C=O) groups excluding carboxylic acids is 1. The third-order valence-electron chi connectivity index (χ3n) is 3.35. The highest BCUT2D eigenvalue weighted by molar-refractivity contribution is 5.92. The number of carbonyl (C=O) groups is 2. The Bertz CT molecular complexity index is 432. The second-order valence-corrected chi connectivity index (χ2v) is 4.62. The molecule has 1 N–H and O–H groups in total. The zero-order valence-electron chi connectivity index (χ0n) is 10.1. The third kappa shape index (κ3) is 2.53. The summed E-state index contributed by atoms with van der Waals surface area (Å²) in [6.07, 6.45) is 3.38. The lowest BCUT2D eigenvalue weighted by atomic mass is 9.84. The number of carboxylic acid groups (broad SMARTS) is 1. The van der Waals surface area contributed by atoms with Gasteiger partial charge in [-0.2, -0.15) is 0 Å². The lowest BCUT2D eigenvalue weighted by Gasteiger charge is -2.32. The van der Waals surface area contributed by atoms with Gasteiger partial charge < -0.3 is 9.84 Å². The second-order valence-electron chi connectivity index (χ2n) is 4.62. The van der Waals surface area contributed by atoms with Crippen LogP contribution in [0.15, 0.2) is 30.3 Å². The van der Waals surface area contributed by atoms with E-state index in [0.717, 1.165) is 19.3 Å². The van der Waals surface area contributed by atoms with Gasteiger partial charge in [-0.15, -0.1) is 0 Å². The maximum Gasteiger partial charge on any atom is 0.348 e. The van der Waals surface area contributed by atoms with Crippen molar-refractivity contribution in [3.8, 4) is 0 Å².